The van der Waals surface area contributed by atoms with Gasteiger partial charge < -0.3 is 15.5 Å². The topological polar surface area (TPSA) is 98.2 Å². The number of aromatic nitrogens is 4. The first-order valence-corrected chi connectivity index (χ1v) is 10.7. The average molecular weight is 466 g/mol. The van der Waals surface area contributed by atoms with Gasteiger partial charge in [-0.15, -0.1) is 0 Å². The maximum atomic E-state index is 14.4. The summed E-state index contributed by atoms with van der Waals surface area (Å²) < 4.78 is 44.3. The van der Waals surface area contributed by atoms with Crippen molar-refractivity contribution in [2.75, 3.05) is 11.1 Å². The van der Waals surface area contributed by atoms with Crippen molar-refractivity contribution in [1.29, 1.82) is 0 Å². The molecular formula is C24H21F3N6O. The third kappa shape index (κ3) is 3.20. The highest BCUT2D eigenvalue weighted by atomic mass is 19.2. The van der Waals surface area contributed by atoms with Crippen molar-refractivity contribution in [3.8, 4) is 11.5 Å². The summed E-state index contributed by atoms with van der Waals surface area (Å²) in [5, 5.41) is 2.73. The van der Waals surface area contributed by atoms with Crippen LogP contribution in [0.25, 0.3) is 17.0 Å². The van der Waals surface area contributed by atoms with Crippen LogP contribution in [0.15, 0.2) is 30.5 Å². The van der Waals surface area contributed by atoms with Crippen LogP contribution in [-0.4, -0.2) is 25.3 Å². The third-order valence-corrected chi connectivity index (χ3v) is 6.23. The Morgan fingerprint density at radius 3 is 2.53 bits per heavy atom. The summed E-state index contributed by atoms with van der Waals surface area (Å²) in [7, 11) is 0. The van der Waals surface area contributed by atoms with Gasteiger partial charge >= 0.3 is 0 Å². The van der Waals surface area contributed by atoms with Gasteiger partial charge in [0.2, 0.25) is 5.91 Å². The molecule has 4 aromatic rings. The largest absolute Gasteiger partial charge is 0.383 e. The van der Waals surface area contributed by atoms with Gasteiger partial charge in [0.1, 0.15) is 29.0 Å². The first-order chi connectivity index (χ1) is 16.1. The predicted molar refractivity (Wildman–Crippen MR) is 121 cm³/mol. The van der Waals surface area contributed by atoms with Crippen LogP contribution < -0.4 is 11.1 Å². The summed E-state index contributed by atoms with van der Waals surface area (Å²) in [4.78, 5) is 25.8. The standard InChI is InChI=1S/C24H21F3N6O/c1-4-11-5-8-15-19(22-30-20(28)17-21(31-22)32-23(34)24(17,2)3)29-16(33(15)10-11)9-12-13(25)6-7-14(26)18(12)27/h5-8,10H,4,9H2,1-3H3,(H3,28,30,31,32,34). The summed E-state index contributed by atoms with van der Waals surface area (Å²) in [6.07, 6.45) is 2.22. The number of benzene rings is 1. The van der Waals surface area contributed by atoms with E-state index in [1.807, 2.05) is 13.0 Å². The molecule has 10 heteroatoms. The van der Waals surface area contributed by atoms with E-state index in [0.717, 1.165) is 24.1 Å². The van der Waals surface area contributed by atoms with Crippen molar-refractivity contribution < 1.29 is 18.0 Å². The third-order valence-electron chi connectivity index (χ3n) is 6.23. The van der Waals surface area contributed by atoms with Gasteiger partial charge in [-0.1, -0.05) is 13.0 Å². The van der Waals surface area contributed by atoms with Gasteiger partial charge in [0.15, 0.2) is 17.5 Å². The number of imidazole rings is 1. The van der Waals surface area contributed by atoms with Crippen LogP contribution >= 0.6 is 0 Å². The van der Waals surface area contributed by atoms with Crippen LogP contribution in [0.5, 0.6) is 0 Å². The van der Waals surface area contributed by atoms with Crippen molar-refractivity contribution in [1.82, 2.24) is 19.4 Å². The maximum Gasteiger partial charge on any atom is 0.235 e. The highest BCUT2D eigenvalue weighted by Crippen LogP contribution is 2.40. The Hall–Kier alpha value is -3.95. The number of hydrogen-bond donors (Lipinski definition) is 2. The number of hydrogen-bond acceptors (Lipinski definition) is 5. The quantitative estimate of drug-likeness (QED) is 0.440. The summed E-state index contributed by atoms with van der Waals surface area (Å²) in [5.74, 6) is -2.65. The fraction of sp³-hybridized carbons (Fsp3) is 0.250. The molecule has 0 fully saturated rings. The lowest BCUT2D eigenvalue weighted by molar-refractivity contribution is -0.119. The van der Waals surface area contributed by atoms with Crippen molar-refractivity contribution in [3.63, 3.8) is 0 Å². The minimum absolute atomic E-state index is 0.137. The number of nitrogens with two attached hydrogens (primary N) is 1. The van der Waals surface area contributed by atoms with E-state index in [4.69, 9.17) is 5.73 Å². The zero-order valence-electron chi connectivity index (χ0n) is 18.7. The molecule has 0 unspecified atom stereocenters. The summed E-state index contributed by atoms with van der Waals surface area (Å²) in [6.45, 7) is 5.43. The number of aryl methyl sites for hydroxylation is 1. The molecule has 1 aliphatic rings. The predicted octanol–water partition coefficient (Wildman–Crippen LogP) is 4.17. The van der Waals surface area contributed by atoms with E-state index in [1.54, 1.807) is 30.5 Å². The number of anilines is 2. The number of carbonyl (C=O) groups excluding carboxylic acids is 1. The Morgan fingerprint density at radius 1 is 1.06 bits per heavy atom. The summed E-state index contributed by atoms with van der Waals surface area (Å²) in [6, 6.07) is 5.33. The first kappa shape index (κ1) is 21.9. The fourth-order valence-electron chi connectivity index (χ4n) is 4.25. The van der Waals surface area contributed by atoms with Gasteiger partial charge in [0.25, 0.3) is 0 Å². The second kappa shape index (κ2) is 7.54. The van der Waals surface area contributed by atoms with E-state index in [0.29, 0.717) is 22.6 Å². The number of halogens is 3. The molecule has 4 heterocycles. The fourth-order valence-corrected chi connectivity index (χ4v) is 4.25. The summed E-state index contributed by atoms with van der Waals surface area (Å²) in [5.41, 5.74) is 7.25. The minimum atomic E-state index is -1.26. The molecule has 7 nitrogen and oxygen atoms in total. The molecule has 0 radical (unpaired) electrons. The van der Waals surface area contributed by atoms with Crippen LogP contribution in [0, 0.1) is 17.5 Å². The molecule has 3 N–H and O–H groups in total. The molecule has 5 rings (SSSR count). The first-order valence-electron chi connectivity index (χ1n) is 10.7. The number of nitrogen functional groups attached to an aromatic ring is 1. The van der Waals surface area contributed by atoms with E-state index < -0.39 is 28.4 Å². The molecule has 0 saturated heterocycles. The Kier molecular flexibility index (Phi) is 4.85. The second-order valence-electron chi connectivity index (χ2n) is 8.76. The number of rotatable bonds is 4. The van der Waals surface area contributed by atoms with Crippen molar-refractivity contribution >= 4 is 23.1 Å². The number of pyridine rings is 1. The maximum absolute atomic E-state index is 14.4. The molecule has 0 atom stereocenters. The summed E-state index contributed by atoms with van der Waals surface area (Å²) >= 11 is 0. The van der Waals surface area contributed by atoms with Gasteiger partial charge in [0, 0.05) is 18.2 Å². The molecule has 0 aliphatic carbocycles. The number of carbonyl (C=O) groups is 1. The van der Waals surface area contributed by atoms with E-state index in [9.17, 15) is 18.0 Å². The lowest BCUT2D eigenvalue weighted by Gasteiger charge is -2.16. The van der Waals surface area contributed by atoms with E-state index in [2.05, 4.69) is 20.3 Å². The molecule has 0 saturated carbocycles. The molecule has 34 heavy (non-hydrogen) atoms. The molecular weight excluding hydrogens is 445 g/mol. The molecule has 1 aromatic carbocycles. The van der Waals surface area contributed by atoms with Crippen molar-refractivity contribution in [2.24, 2.45) is 0 Å². The van der Waals surface area contributed by atoms with Crippen LogP contribution in [0.4, 0.5) is 24.8 Å². The van der Waals surface area contributed by atoms with Crippen LogP contribution in [-0.2, 0) is 23.1 Å². The van der Waals surface area contributed by atoms with Crippen LogP contribution in [0.2, 0.25) is 0 Å². The number of nitrogens with one attached hydrogen (secondary N) is 1. The van der Waals surface area contributed by atoms with Crippen LogP contribution in [0.1, 0.15) is 43.3 Å². The smallest absolute Gasteiger partial charge is 0.235 e. The molecule has 1 aliphatic heterocycles. The minimum Gasteiger partial charge on any atom is -0.383 e. The van der Waals surface area contributed by atoms with Crippen molar-refractivity contribution in [2.45, 2.75) is 39.0 Å². The SMILES string of the molecule is CCc1ccc2c(-c3nc(N)c4c(n3)NC(=O)C4(C)C)nc(Cc3c(F)ccc(F)c3F)n2c1. The molecule has 0 bridgehead atoms. The van der Waals surface area contributed by atoms with E-state index in [1.165, 1.54) is 0 Å². The van der Waals surface area contributed by atoms with Crippen LogP contribution in [0.3, 0.4) is 0 Å². The van der Waals surface area contributed by atoms with Gasteiger partial charge in [-0.25, -0.2) is 28.1 Å². The lowest BCUT2D eigenvalue weighted by atomic mass is 9.87. The van der Waals surface area contributed by atoms with E-state index >= 15 is 0 Å². The van der Waals surface area contributed by atoms with Gasteiger partial charge in [-0.05, 0) is 44.0 Å². The Morgan fingerprint density at radius 2 is 1.79 bits per heavy atom. The molecule has 1 amide bonds. The Labute approximate surface area is 192 Å². The number of fused-ring (bicyclic) bond motifs is 2. The number of nitrogens with zero attached hydrogens (tertiary/aromatic N) is 4. The molecule has 174 valence electrons. The van der Waals surface area contributed by atoms with Gasteiger partial charge in [0.05, 0.1) is 16.5 Å². The normalized spacial score (nSPS) is 14.5. The Bertz CT molecular complexity index is 1490. The molecule has 0 spiro atoms. The zero-order valence-corrected chi connectivity index (χ0v) is 18.7. The highest BCUT2D eigenvalue weighted by molar-refractivity contribution is 6.06. The number of amides is 1. The second-order valence-corrected chi connectivity index (χ2v) is 8.76. The van der Waals surface area contributed by atoms with E-state index in [-0.39, 0.29) is 29.8 Å². The highest BCUT2D eigenvalue weighted by Gasteiger charge is 2.42. The van der Waals surface area contributed by atoms with Gasteiger partial charge in [-0.3, -0.25) is 4.79 Å². The monoisotopic (exact) mass is 466 g/mol. The molecule has 3 aromatic heterocycles. The van der Waals surface area contributed by atoms with Gasteiger partial charge in [-0.2, -0.15) is 0 Å². The zero-order chi connectivity index (χ0) is 24.4. The lowest BCUT2D eigenvalue weighted by Crippen LogP contribution is -2.27. The average Bonchev–Trinajstić information content (AvgIpc) is 3.27. The Balaban J connectivity index is 1.70. The van der Waals surface area contributed by atoms with Crippen molar-refractivity contribution in [3.05, 3.63) is 70.4 Å².